The molecule has 1 aromatic heterocycles. The zero-order valence-electron chi connectivity index (χ0n) is 12.2. The zero-order valence-corrected chi connectivity index (χ0v) is 12.2. The minimum absolute atomic E-state index is 0.242. The monoisotopic (exact) mass is 308 g/mol. The first-order chi connectivity index (χ1) is 11.3. The fourth-order valence-electron chi connectivity index (χ4n) is 2.18. The Balaban J connectivity index is 1.79. The Labute approximate surface area is 132 Å². The highest BCUT2D eigenvalue weighted by molar-refractivity contribution is 5.36. The van der Waals surface area contributed by atoms with Gasteiger partial charge in [-0.15, -0.1) is 5.10 Å². The molecule has 0 radical (unpaired) electrons. The van der Waals surface area contributed by atoms with E-state index in [9.17, 15) is 9.65 Å². The lowest BCUT2D eigenvalue weighted by atomic mass is 10.2. The molecule has 5 nitrogen and oxygen atoms in total. The Bertz CT molecular complexity index is 822. The third-order valence-corrected chi connectivity index (χ3v) is 3.29. The van der Waals surface area contributed by atoms with Gasteiger partial charge in [0, 0.05) is 6.42 Å². The first-order valence-electron chi connectivity index (χ1n) is 7.06. The van der Waals surface area contributed by atoms with Crippen molar-refractivity contribution in [1.82, 2.24) is 15.0 Å². The molecule has 0 unspecified atom stereocenters. The Morgan fingerprint density at radius 3 is 2.52 bits per heavy atom. The summed E-state index contributed by atoms with van der Waals surface area (Å²) >= 11 is 0. The third kappa shape index (κ3) is 3.35. The second kappa shape index (κ2) is 6.71. The minimum atomic E-state index is -0.330. The van der Waals surface area contributed by atoms with Crippen molar-refractivity contribution in [3.8, 4) is 17.5 Å². The van der Waals surface area contributed by atoms with Gasteiger partial charge in [-0.2, -0.15) is 5.26 Å². The summed E-state index contributed by atoms with van der Waals surface area (Å²) in [6.07, 6.45) is 0.460. The number of nitriles is 1. The molecule has 0 fully saturated rings. The van der Waals surface area contributed by atoms with Crippen molar-refractivity contribution in [2.75, 3.05) is 6.61 Å². The average molecular weight is 308 g/mol. The molecule has 0 bridgehead atoms. The van der Waals surface area contributed by atoms with E-state index < -0.39 is 0 Å². The van der Waals surface area contributed by atoms with Gasteiger partial charge in [0.2, 0.25) is 0 Å². The summed E-state index contributed by atoms with van der Waals surface area (Å²) < 4.78 is 20.2. The van der Waals surface area contributed by atoms with Crippen molar-refractivity contribution in [2.24, 2.45) is 0 Å². The average Bonchev–Trinajstić information content (AvgIpc) is 2.99. The molecule has 6 heteroatoms. The Morgan fingerprint density at radius 2 is 1.83 bits per heavy atom. The summed E-state index contributed by atoms with van der Waals surface area (Å²) in [4.78, 5) is 0. The lowest BCUT2D eigenvalue weighted by Crippen LogP contribution is -2.09. The van der Waals surface area contributed by atoms with E-state index in [0.29, 0.717) is 24.4 Å². The van der Waals surface area contributed by atoms with E-state index in [2.05, 4.69) is 10.3 Å². The van der Waals surface area contributed by atoms with Crippen molar-refractivity contribution in [2.45, 2.75) is 6.42 Å². The minimum Gasteiger partial charge on any atom is -0.493 e. The molecule has 0 aliphatic carbocycles. The summed E-state index contributed by atoms with van der Waals surface area (Å²) in [5.74, 6) is 0.426. The molecule has 2 aromatic carbocycles. The summed E-state index contributed by atoms with van der Waals surface area (Å²) in [6.45, 7) is 0.382. The highest BCUT2D eigenvalue weighted by Gasteiger charge is 2.14. The van der Waals surface area contributed by atoms with Gasteiger partial charge in [-0.1, -0.05) is 23.4 Å². The van der Waals surface area contributed by atoms with Crippen LogP contribution >= 0.6 is 0 Å². The number of aromatic nitrogens is 3. The van der Waals surface area contributed by atoms with Crippen LogP contribution in [0, 0.1) is 17.1 Å². The lowest BCUT2D eigenvalue weighted by molar-refractivity contribution is 0.319. The topological polar surface area (TPSA) is 63.7 Å². The molecule has 3 rings (SSSR count). The quantitative estimate of drug-likeness (QED) is 0.727. The molecule has 0 saturated heterocycles. The van der Waals surface area contributed by atoms with Crippen LogP contribution in [0.25, 0.3) is 5.69 Å². The maximum Gasteiger partial charge on any atom is 0.186 e. The molecule has 0 aliphatic rings. The van der Waals surface area contributed by atoms with Crippen molar-refractivity contribution in [1.29, 1.82) is 5.26 Å². The highest BCUT2D eigenvalue weighted by Crippen LogP contribution is 2.15. The number of benzene rings is 2. The summed E-state index contributed by atoms with van der Waals surface area (Å²) in [5.41, 5.74) is 1.52. The van der Waals surface area contributed by atoms with Crippen LogP contribution in [-0.2, 0) is 6.42 Å². The van der Waals surface area contributed by atoms with Crippen LogP contribution in [0.3, 0.4) is 0 Å². The fraction of sp³-hybridized carbons (Fsp3) is 0.118. The first kappa shape index (κ1) is 14.7. The number of ether oxygens (including phenoxy) is 1. The molecule has 1 heterocycles. The number of hydrogen-bond acceptors (Lipinski definition) is 4. The fourth-order valence-corrected chi connectivity index (χ4v) is 2.18. The van der Waals surface area contributed by atoms with Gasteiger partial charge in [0.1, 0.15) is 17.6 Å². The number of hydrogen-bond donors (Lipinski definition) is 0. The standard InChI is InChI=1S/C17H13FN4O/c18-13-6-8-14(9-7-13)22-17(16(12-19)20-21-22)10-11-23-15-4-2-1-3-5-15/h1-9H,10-11H2. The molecule has 114 valence electrons. The number of halogens is 1. The van der Waals surface area contributed by atoms with E-state index in [4.69, 9.17) is 4.74 Å². The molecule has 0 amide bonds. The molecule has 0 saturated carbocycles. The van der Waals surface area contributed by atoms with Crippen LogP contribution in [0.15, 0.2) is 54.6 Å². The van der Waals surface area contributed by atoms with Gasteiger partial charge in [-0.3, -0.25) is 0 Å². The number of rotatable bonds is 5. The normalized spacial score (nSPS) is 10.3. The SMILES string of the molecule is N#Cc1nnn(-c2ccc(F)cc2)c1CCOc1ccccc1. The maximum absolute atomic E-state index is 13.0. The molecular formula is C17H13FN4O. The van der Waals surface area contributed by atoms with Crippen molar-refractivity contribution in [3.63, 3.8) is 0 Å². The largest absolute Gasteiger partial charge is 0.493 e. The van der Waals surface area contributed by atoms with Gasteiger partial charge < -0.3 is 4.74 Å². The Morgan fingerprint density at radius 1 is 1.09 bits per heavy atom. The summed E-state index contributed by atoms with van der Waals surface area (Å²) in [7, 11) is 0. The lowest BCUT2D eigenvalue weighted by Gasteiger charge is -2.08. The first-order valence-corrected chi connectivity index (χ1v) is 7.06. The van der Waals surface area contributed by atoms with E-state index in [1.807, 2.05) is 36.4 Å². The van der Waals surface area contributed by atoms with Gasteiger partial charge in [0.05, 0.1) is 18.0 Å². The highest BCUT2D eigenvalue weighted by atomic mass is 19.1. The molecule has 0 atom stereocenters. The predicted octanol–water partition coefficient (Wildman–Crippen LogP) is 2.90. The van der Waals surface area contributed by atoms with Crippen LogP contribution < -0.4 is 4.74 Å². The van der Waals surface area contributed by atoms with Crippen molar-refractivity contribution in [3.05, 3.63) is 71.8 Å². The van der Waals surface area contributed by atoms with E-state index in [-0.39, 0.29) is 11.5 Å². The van der Waals surface area contributed by atoms with Crippen LogP contribution in [0.2, 0.25) is 0 Å². The zero-order chi connectivity index (χ0) is 16.1. The van der Waals surface area contributed by atoms with Crippen LogP contribution in [-0.4, -0.2) is 21.6 Å². The van der Waals surface area contributed by atoms with E-state index in [1.54, 1.807) is 12.1 Å². The van der Waals surface area contributed by atoms with Crippen molar-refractivity contribution < 1.29 is 9.13 Å². The van der Waals surface area contributed by atoms with Gasteiger partial charge in [0.15, 0.2) is 5.69 Å². The Hall–Kier alpha value is -3.20. The van der Waals surface area contributed by atoms with E-state index >= 15 is 0 Å². The van der Waals surface area contributed by atoms with Crippen LogP contribution in [0.5, 0.6) is 5.75 Å². The van der Waals surface area contributed by atoms with Gasteiger partial charge in [-0.25, -0.2) is 9.07 Å². The predicted molar refractivity (Wildman–Crippen MR) is 81.7 cm³/mol. The molecule has 0 aliphatic heterocycles. The summed E-state index contributed by atoms with van der Waals surface area (Å²) in [6, 6.07) is 17.3. The second-order valence-electron chi connectivity index (χ2n) is 4.80. The number of nitrogens with zero attached hydrogens (tertiary/aromatic N) is 4. The second-order valence-corrected chi connectivity index (χ2v) is 4.80. The maximum atomic E-state index is 13.0. The van der Waals surface area contributed by atoms with Gasteiger partial charge in [0.25, 0.3) is 0 Å². The molecular weight excluding hydrogens is 295 g/mol. The molecule has 0 spiro atoms. The van der Waals surface area contributed by atoms with Crippen molar-refractivity contribution >= 4 is 0 Å². The smallest absolute Gasteiger partial charge is 0.186 e. The van der Waals surface area contributed by atoms with Crippen LogP contribution in [0.1, 0.15) is 11.4 Å². The van der Waals surface area contributed by atoms with E-state index in [1.165, 1.54) is 16.8 Å². The number of para-hydroxylation sites is 1. The molecule has 0 N–H and O–H groups in total. The van der Waals surface area contributed by atoms with Gasteiger partial charge in [-0.05, 0) is 36.4 Å². The van der Waals surface area contributed by atoms with Gasteiger partial charge >= 0.3 is 0 Å². The third-order valence-electron chi connectivity index (χ3n) is 3.29. The van der Waals surface area contributed by atoms with E-state index in [0.717, 1.165) is 5.75 Å². The summed E-state index contributed by atoms with van der Waals surface area (Å²) in [5, 5.41) is 17.0. The molecule has 3 aromatic rings. The Kier molecular flexibility index (Phi) is 4.29. The van der Waals surface area contributed by atoms with Crippen LogP contribution in [0.4, 0.5) is 4.39 Å². The molecule has 23 heavy (non-hydrogen) atoms.